The lowest BCUT2D eigenvalue weighted by Gasteiger charge is -2.34. The van der Waals surface area contributed by atoms with Crippen molar-refractivity contribution in [3.63, 3.8) is 0 Å². The lowest BCUT2D eigenvalue weighted by Crippen LogP contribution is -2.35. The molecule has 1 atom stereocenters. The van der Waals surface area contributed by atoms with Gasteiger partial charge in [-0.1, -0.05) is 30.3 Å². The number of nitrogens with zero attached hydrogens (tertiary/aromatic N) is 5. The van der Waals surface area contributed by atoms with Crippen LogP contribution in [0.1, 0.15) is 30.3 Å². The summed E-state index contributed by atoms with van der Waals surface area (Å²) in [5, 5.41) is 10.6. The van der Waals surface area contributed by atoms with E-state index in [0.717, 1.165) is 31.5 Å². The minimum absolute atomic E-state index is 0.253. The molecular weight excluding hydrogens is 316 g/mol. The molecule has 3 N–H and O–H groups in total. The Morgan fingerprint density at radius 1 is 1.16 bits per heavy atom. The van der Waals surface area contributed by atoms with Crippen molar-refractivity contribution in [2.75, 3.05) is 37.8 Å². The van der Waals surface area contributed by atoms with Gasteiger partial charge in [-0.25, -0.2) is 0 Å². The molecule has 1 unspecified atom stereocenters. The third-order valence-corrected chi connectivity index (χ3v) is 4.67. The van der Waals surface area contributed by atoms with E-state index in [1.807, 2.05) is 49.3 Å². The first-order chi connectivity index (χ1) is 12.0. The van der Waals surface area contributed by atoms with E-state index in [2.05, 4.69) is 19.9 Å². The number of aromatic nitrogens is 3. The molecule has 0 amide bonds. The molecule has 3 rings (SSSR count). The van der Waals surface area contributed by atoms with E-state index in [4.69, 9.17) is 5.73 Å². The van der Waals surface area contributed by atoms with Gasteiger partial charge >= 0.3 is 0 Å². The summed E-state index contributed by atoms with van der Waals surface area (Å²) < 4.78 is 0. The maximum Gasteiger partial charge on any atom is 0.229 e. The maximum atomic E-state index is 10.6. The third-order valence-electron chi connectivity index (χ3n) is 4.67. The topological polar surface area (TPSA) is 91.4 Å². The van der Waals surface area contributed by atoms with Crippen LogP contribution >= 0.6 is 0 Å². The van der Waals surface area contributed by atoms with Crippen molar-refractivity contribution in [3.05, 3.63) is 41.7 Å². The first-order valence-corrected chi connectivity index (χ1v) is 8.66. The fourth-order valence-electron chi connectivity index (χ4n) is 3.24. The number of rotatable bonds is 5. The summed E-state index contributed by atoms with van der Waals surface area (Å²) in [4.78, 5) is 17.0. The van der Waals surface area contributed by atoms with Crippen molar-refractivity contribution in [2.45, 2.75) is 25.5 Å². The van der Waals surface area contributed by atoms with Gasteiger partial charge in [0.1, 0.15) is 5.82 Å². The summed E-state index contributed by atoms with van der Waals surface area (Å²) in [6.07, 6.45) is 1.52. The van der Waals surface area contributed by atoms with Gasteiger partial charge in [0.05, 0.1) is 12.6 Å². The van der Waals surface area contributed by atoms with Crippen LogP contribution in [0.25, 0.3) is 0 Å². The summed E-state index contributed by atoms with van der Waals surface area (Å²) in [5.41, 5.74) is 6.79. The zero-order valence-electron chi connectivity index (χ0n) is 14.8. The molecule has 1 aromatic heterocycles. The minimum Gasteiger partial charge on any atom is -0.388 e. The van der Waals surface area contributed by atoms with Gasteiger partial charge < -0.3 is 15.7 Å². The Morgan fingerprint density at radius 2 is 1.84 bits per heavy atom. The number of aliphatic hydroxyl groups is 1. The second-order valence-corrected chi connectivity index (χ2v) is 6.77. The Bertz CT molecular complexity index is 685. The Balaban J connectivity index is 1.58. The van der Waals surface area contributed by atoms with Crippen molar-refractivity contribution in [2.24, 2.45) is 5.92 Å². The first-order valence-electron chi connectivity index (χ1n) is 8.66. The molecule has 7 heteroatoms. The van der Waals surface area contributed by atoms with E-state index in [1.165, 1.54) is 0 Å². The van der Waals surface area contributed by atoms with E-state index in [1.54, 1.807) is 0 Å². The molecule has 0 spiro atoms. The number of piperidine rings is 1. The quantitative estimate of drug-likeness (QED) is 0.850. The molecule has 1 aromatic carbocycles. The fraction of sp³-hybridized carbons (Fsp3) is 0.500. The number of benzene rings is 1. The molecule has 1 aliphatic heterocycles. The van der Waals surface area contributed by atoms with Crippen LogP contribution in [0.5, 0.6) is 0 Å². The zero-order chi connectivity index (χ0) is 17.8. The van der Waals surface area contributed by atoms with Crippen LogP contribution in [-0.2, 0) is 6.54 Å². The van der Waals surface area contributed by atoms with Gasteiger partial charge in [0.15, 0.2) is 0 Å². The molecular formula is C18H26N6O. The van der Waals surface area contributed by atoms with Crippen LogP contribution in [0.3, 0.4) is 0 Å². The summed E-state index contributed by atoms with van der Waals surface area (Å²) in [5.74, 6) is 1.82. The molecule has 2 aromatic rings. The van der Waals surface area contributed by atoms with Gasteiger partial charge in [0.25, 0.3) is 0 Å². The number of likely N-dealkylation sites (tertiary alicyclic amines) is 1. The van der Waals surface area contributed by atoms with E-state index in [-0.39, 0.29) is 5.95 Å². The molecule has 0 radical (unpaired) electrons. The van der Waals surface area contributed by atoms with Gasteiger partial charge in [-0.05, 0) is 37.4 Å². The average Bonchev–Trinajstić information content (AvgIpc) is 2.62. The van der Waals surface area contributed by atoms with Crippen LogP contribution in [0.4, 0.5) is 11.9 Å². The molecule has 0 aliphatic carbocycles. The second kappa shape index (κ2) is 7.76. The van der Waals surface area contributed by atoms with Crippen molar-refractivity contribution in [3.8, 4) is 0 Å². The van der Waals surface area contributed by atoms with Crippen molar-refractivity contribution >= 4 is 11.9 Å². The molecule has 134 valence electrons. The van der Waals surface area contributed by atoms with Crippen LogP contribution in [0.15, 0.2) is 30.3 Å². The summed E-state index contributed by atoms with van der Waals surface area (Å²) >= 11 is 0. The molecule has 1 fully saturated rings. The molecule has 2 heterocycles. The number of nitrogen functional groups attached to an aromatic ring is 1. The second-order valence-electron chi connectivity index (χ2n) is 6.77. The predicted octanol–water partition coefficient (Wildman–Crippen LogP) is 1.47. The third kappa shape index (κ3) is 4.43. The number of hydrogen-bond donors (Lipinski definition) is 2. The lowest BCUT2D eigenvalue weighted by atomic mass is 9.87. The van der Waals surface area contributed by atoms with E-state index >= 15 is 0 Å². The van der Waals surface area contributed by atoms with Crippen molar-refractivity contribution < 1.29 is 5.11 Å². The van der Waals surface area contributed by atoms with Crippen LogP contribution < -0.4 is 10.6 Å². The van der Waals surface area contributed by atoms with Gasteiger partial charge in [-0.2, -0.15) is 15.0 Å². The summed E-state index contributed by atoms with van der Waals surface area (Å²) in [6, 6.07) is 9.91. The monoisotopic (exact) mass is 342 g/mol. The number of hydrogen-bond acceptors (Lipinski definition) is 7. The smallest absolute Gasteiger partial charge is 0.229 e. The highest BCUT2D eigenvalue weighted by Gasteiger charge is 2.26. The standard InChI is InChI=1S/C18H26N6O/c1-23(2)18-21-15(20-17(19)22-18)12-24-10-8-14(9-11-24)16(25)13-6-4-3-5-7-13/h3-7,14,16,25H,8-12H2,1-2H3,(H2,19,20,21,22). The fourth-order valence-corrected chi connectivity index (χ4v) is 3.24. The minimum atomic E-state index is -0.392. The maximum absolute atomic E-state index is 10.6. The Hall–Kier alpha value is -2.25. The van der Waals surface area contributed by atoms with Gasteiger partial charge in [-0.3, -0.25) is 4.90 Å². The normalized spacial score (nSPS) is 17.4. The number of nitrogens with two attached hydrogens (primary N) is 1. The molecule has 25 heavy (non-hydrogen) atoms. The van der Waals surface area contributed by atoms with Gasteiger partial charge in [0, 0.05) is 14.1 Å². The van der Waals surface area contributed by atoms with Crippen LogP contribution in [-0.4, -0.2) is 52.1 Å². The SMILES string of the molecule is CN(C)c1nc(N)nc(CN2CCC(C(O)c3ccccc3)CC2)n1. The predicted molar refractivity (Wildman–Crippen MR) is 98.0 cm³/mol. The zero-order valence-corrected chi connectivity index (χ0v) is 14.8. The Labute approximate surface area is 148 Å². The molecule has 1 saturated heterocycles. The van der Waals surface area contributed by atoms with Crippen molar-refractivity contribution in [1.29, 1.82) is 0 Å². The molecule has 0 saturated carbocycles. The average molecular weight is 342 g/mol. The van der Waals surface area contributed by atoms with E-state index in [0.29, 0.717) is 24.2 Å². The highest BCUT2D eigenvalue weighted by Crippen LogP contribution is 2.30. The number of aliphatic hydroxyl groups excluding tert-OH is 1. The Kier molecular flexibility index (Phi) is 5.45. The first kappa shape index (κ1) is 17.6. The molecule has 7 nitrogen and oxygen atoms in total. The van der Waals surface area contributed by atoms with Crippen LogP contribution in [0.2, 0.25) is 0 Å². The number of anilines is 2. The van der Waals surface area contributed by atoms with E-state index in [9.17, 15) is 5.11 Å². The van der Waals surface area contributed by atoms with Gasteiger partial charge in [-0.15, -0.1) is 0 Å². The van der Waals surface area contributed by atoms with Gasteiger partial charge in [0.2, 0.25) is 11.9 Å². The van der Waals surface area contributed by atoms with Crippen molar-refractivity contribution in [1.82, 2.24) is 19.9 Å². The highest BCUT2D eigenvalue weighted by molar-refractivity contribution is 5.32. The highest BCUT2D eigenvalue weighted by atomic mass is 16.3. The summed E-state index contributed by atoms with van der Waals surface area (Å²) in [6.45, 7) is 2.48. The Morgan fingerprint density at radius 3 is 2.48 bits per heavy atom. The lowest BCUT2D eigenvalue weighted by molar-refractivity contribution is 0.0560. The molecule has 0 bridgehead atoms. The molecule has 1 aliphatic rings. The van der Waals surface area contributed by atoms with E-state index < -0.39 is 6.10 Å². The summed E-state index contributed by atoms with van der Waals surface area (Å²) in [7, 11) is 3.77. The van der Waals surface area contributed by atoms with Crippen LogP contribution in [0, 0.1) is 5.92 Å². The largest absolute Gasteiger partial charge is 0.388 e.